The van der Waals surface area contributed by atoms with Crippen molar-refractivity contribution in [3.63, 3.8) is 0 Å². The minimum Gasteiger partial charge on any atom is -0.452 e. The highest BCUT2D eigenvalue weighted by Gasteiger charge is 2.08. The Morgan fingerprint density at radius 1 is 1.10 bits per heavy atom. The third-order valence-electron chi connectivity index (χ3n) is 2.45. The van der Waals surface area contributed by atoms with E-state index in [1.54, 1.807) is 42.5 Å². The molecule has 3 nitrogen and oxygen atoms in total. The molecule has 102 valence electrons. The average Bonchev–Trinajstić information content (AvgIpc) is 2.42. The Hall–Kier alpha value is -1.78. The summed E-state index contributed by atoms with van der Waals surface area (Å²) in [5, 5.41) is 0.622. The Morgan fingerprint density at radius 2 is 1.70 bits per heavy atom. The van der Waals surface area contributed by atoms with Gasteiger partial charge in [0.25, 0.3) is 5.91 Å². The third kappa shape index (κ3) is 4.11. The highest BCUT2D eigenvalue weighted by Crippen LogP contribution is 2.19. The predicted molar refractivity (Wildman–Crippen MR) is 83.4 cm³/mol. The van der Waals surface area contributed by atoms with Crippen LogP contribution in [0.5, 0.6) is 5.75 Å². The summed E-state index contributed by atoms with van der Waals surface area (Å²) in [5.41, 5.74) is 6.10. The standard InChI is InChI=1S/C15H11BrClNO2/c16-11-3-7-13(8-4-11)20-14(15(18)19)9-10-1-5-12(17)6-2-10/h1-9H,(H2,18,19)/b14-9-. The summed E-state index contributed by atoms with van der Waals surface area (Å²) in [7, 11) is 0. The van der Waals surface area contributed by atoms with Gasteiger partial charge in [-0.2, -0.15) is 0 Å². The summed E-state index contributed by atoms with van der Waals surface area (Å²) in [6.45, 7) is 0. The number of benzene rings is 2. The van der Waals surface area contributed by atoms with Crippen LogP contribution >= 0.6 is 27.5 Å². The molecule has 0 atom stereocenters. The summed E-state index contributed by atoms with van der Waals surface area (Å²) >= 11 is 9.13. The molecule has 0 aliphatic carbocycles. The molecule has 0 aliphatic heterocycles. The third-order valence-corrected chi connectivity index (χ3v) is 3.23. The van der Waals surface area contributed by atoms with Gasteiger partial charge in [-0.3, -0.25) is 4.79 Å². The van der Waals surface area contributed by atoms with Crippen LogP contribution in [0.1, 0.15) is 5.56 Å². The number of primary amides is 1. The molecular weight excluding hydrogens is 342 g/mol. The van der Waals surface area contributed by atoms with Gasteiger partial charge < -0.3 is 10.5 Å². The molecule has 20 heavy (non-hydrogen) atoms. The SMILES string of the molecule is NC(=O)/C(=C/c1ccc(Cl)cc1)Oc1ccc(Br)cc1. The van der Waals surface area contributed by atoms with E-state index in [1.807, 2.05) is 12.1 Å². The van der Waals surface area contributed by atoms with Crippen LogP contribution in [0.15, 0.2) is 58.8 Å². The second-order valence-corrected chi connectivity index (χ2v) is 5.33. The summed E-state index contributed by atoms with van der Waals surface area (Å²) < 4.78 is 6.42. The normalized spacial score (nSPS) is 11.2. The number of halogens is 2. The number of hydrogen-bond donors (Lipinski definition) is 1. The smallest absolute Gasteiger partial charge is 0.284 e. The first-order chi connectivity index (χ1) is 9.54. The quantitative estimate of drug-likeness (QED) is 0.668. The molecule has 2 aromatic carbocycles. The maximum Gasteiger partial charge on any atom is 0.284 e. The molecule has 0 heterocycles. The molecule has 0 fully saturated rings. The van der Waals surface area contributed by atoms with Crippen LogP contribution in [-0.2, 0) is 4.79 Å². The van der Waals surface area contributed by atoms with Crippen molar-refractivity contribution in [3.8, 4) is 5.75 Å². The second-order valence-electron chi connectivity index (χ2n) is 3.98. The van der Waals surface area contributed by atoms with E-state index in [1.165, 1.54) is 0 Å². The topological polar surface area (TPSA) is 52.3 Å². The number of ether oxygens (including phenoxy) is 1. The van der Waals surface area contributed by atoms with Crippen LogP contribution in [-0.4, -0.2) is 5.91 Å². The zero-order valence-corrected chi connectivity index (χ0v) is 12.7. The minimum absolute atomic E-state index is 0.0645. The van der Waals surface area contributed by atoms with Crippen LogP contribution in [0, 0.1) is 0 Å². The van der Waals surface area contributed by atoms with Gasteiger partial charge in [-0.15, -0.1) is 0 Å². The molecule has 0 unspecified atom stereocenters. The fourth-order valence-electron chi connectivity index (χ4n) is 1.49. The molecule has 1 amide bonds. The van der Waals surface area contributed by atoms with Gasteiger partial charge in [0.2, 0.25) is 0 Å². The highest BCUT2D eigenvalue weighted by atomic mass is 79.9. The van der Waals surface area contributed by atoms with Gasteiger partial charge in [-0.1, -0.05) is 39.7 Å². The lowest BCUT2D eigenvalue weighted by atomic mass is 10.2. The molecule has 0 aliphatic rings. The van der Waals surface area contributed by atoms with Gasteiger partial charge in [0.05, 0.1) is 0 Å². The van der Waals surface area contributed by atoms with Gasteiger partial charge in [-0.05, 0) is 48.0 Å². The zero-order chi connectivity index (χ0) is 14.5. The number of carbonyl (C=O) groups excluding carboxylic acids is 1. The summed E-state index contributed by atoms with van der Waals surface area (Å²) in [6, 6.07) is 14.1. The van der Waals surface area contributed by atoms with E-state index in [0.29, 0.717) is 10.8 Å². The maximum absolute atomic E-state index is 11.4. The summed E-state index contributed by atoms with van der Waals surface area (Å²) in [4.78, 5) is 11.4. The molecule has 0 aromatic heterocycles. The Bertz CT molecular complexity index is 636. The lowest BCUT2D eigenvalue weighted by Gasteiger charge is -2.07. The Balaban J connectivity index is 2.25. The van der Waals surface area contributed by atoms with Crippen molar-refractivity contribution < 1.29 is 9.53 Å². The van der Waals surface area contributed by atoms with Crippen molar-refractivity contribution in [1.29, 1.82) is 0 Å². The second kappa shape index (κ2) is 6.59. The fourth-order valence-corrected chi connectivity index (χ4v) is 1.88. The zero-order valence-electron chi connectivity index (χ0n) is 10.3. The first kappa shape index (κ1) is 14.6. The number of rotatable bonds is 4. The first-order valence-corrected chi connectivity index (χ1v) is 6.92. The number of nitrogens with two attached hydrogens (primary N) is 1. The lowest BCUT2D eigenvalue weighted by Crippen LogP contribution is -2.18. The van der Waals surface area contributed by atoms with Crippen LogP contribution in [0.4, 0.5) is 0 Å². The maximum atomic E-state index is 11.4. The number of hydrogen-bond acceptors (Lipinski definition) is 2. The lowest BCUT2D eigenvalue weighted by molar-refractivity contribution is -0.116. The van der Waals surface area contributed by atoms with Crippen LogP contribution < -0.4 is 10.5 Å². The van der Waals surface area contributed by atoms with Gasteiger partial charge in [0.1, 0.15) is 5.75 Å². The highest BCUT2D eigenvalue weighted by molar-refractivity contribution is 9.10. The molecule has 5 heteroatoms. The molecule has 0 saturated heterocycles. The van der Waals surface area contributed by atoms with E-state index in [0.717, 1.165) is 10.0 Å². The fraction of sp³-hybridized carbons (Fsp3) is 0. The Kier molecular flexibility index (Phi) is 4.82. The molecule has 2 rings (SSSR count). The van der Waals surface area contributed by atoms with Crippen molar-refractivity contribution in [2.45, 2.75) is 0 Å². The molecule has 0 bridgehead atoms. The molecule has 0 spiro atoms. The Morgan fingerprint density at radius 3 is 2.25 bits per heavy atom. The van der Waals surface area contributed by atoms with E-state index in [9.17, 15) is 4.79 Å². The summed E-state index contributed by atoms with van der Waals surface area (Å²) in [6.07, 6.45) is 1.57. The van der Waals surface area contributed by atoms with Crippen molar-refractivity contribution in [1.82, 2.24) is 0 Å². The van der Waals surface area contributed by atoms with Crippen molar-refractivity contribution in [2.75, 3.05) is 0 Å². The van der Waals surface area contributed by atoms with Crippen LogP contribution in [0.3, 0.4) is 0 Å². The Labute approximate surface area is 130 Å². The van der Waals surface area contributed by atoms with Gasteiger partial charge in [-0.25, -0.2) is 0 Å². The van der Waals surface area contributed by atoms with Crippen LogP contribution in [0.25, 0.3) is 6.08 Å². The summed E-state index contributed by atoms with van der Waals surface area (Å²) in [5.74, 6) is -0.0373. The van der Waals surface area contributed by atoms with E-state index in [-0.39, 0.29) is 5.76 Å². The molecule has 2 N–H and O–H groups in total. The first-order valence-electron chi connectivity index (χ1n) is 5.75. The van der Waals surface area contributed by atoms with E-state index in [4.69, 9.17) is 22.1 Å². The van der Waals surface area contributed by atoms with Gasteiger partial charge >= 0.3 is 0 Å². The monoisotopic (exact) mass is 351 g/mol. The van der Waals surface area contributed by atoms with Crippen LogP contribution in [0.2, 0.25) is 5.02 Å². The molecular formula is C15H11BrClNO2. The average molecular weight is 353 g/mol. The van der Waals surface area contributed by atoms with Gasteiger partial charge in [0, 0.05) is 9.50 Å². The van der Waals surface area contributed by atoms with E-state index >= 15 is 0 Å². The minimum atomic E-state index is -0.636. The van der Waals surface area contributed by atoms with Crippen molar-refractivity contribution in [3.05, 3.63) is 69.3 Å². The molecule has 2 aromatic rings. The molecule has 0 saturated carbocycles. The van der Waals surface area contributed by atoms with Gasteiger partial charge in [0.15, 0.2) is 5.76 Å². The van der Waals surface area contributed by atoms with E-state index < -0.39 is 5.91 Å². The number of amides is 1. The van der Waals surface area contributed by atoms with E-state index in [2.05, 4.69) is 15.9 Å². The largest absolute Gasteiger partial charge is 0.452 e. The number of carbonyl (C=O) groups is 1. The van der Waals surface area contributed by atoms with Crippen molar-refractivity contribution in [2.24, 2.45) is 5.73 Å². The predicted octanol–water partition coefficient (Wildman–Crippen LogP) is 4.01. The molecule has 0 radical (unpaired) electrons. The van der Waals surface area contributed by atoms with Crippen molar-refractivity contribution >= 4 is 39.5 Å².